The normalized spacial score (nSPS) is 10.3. The predicted octanol–water partition coefficient (Wildman–Crippen LogP) is -0.480. The Morgan fingerprint density at radius 1 is 1.62 bits per heavy atom. The first-order valence-electron chi connectivity index (χ1n) is 4.48. The molecule has 8 heteroatoms. The van der Waals surface area contributed by atoms with Crippen molar-refractivity contribution in [2.45, 2.75) is 0 Å². The Hall–Kier alpha value is -2.38. The minimum absolute atomic E-state index is 0.00106. The van der Waals surface area contributed by atoms with Crippen molar-refractivity contribution in [2.24, 2.45) is 0 Å². The largest absolute Gasteiger partial charge is 0.468 e. The fourth-order valence-corrected chi connectivity index (χ4v) is 1.21. The van der Waals surface area contributed by atoms with E-state index in [-0.39, 0.29) is 12.5 Å². The number of aromatic amines is 1. The molecule has 2 aromatic heterocycles. The fourth-order valence-electron chi connectivity index (χ4n) is 1.21. The Morgan fingerprint density at radius 3 is 3.19 bits per heavy atom. The summed E-state index contributed by atoms with van der Waals surface area (Å²) in [6, 6.07) is 0. The number of nitrogens with two attached hydrogens (primary N) is 1. The summed E-state index contributed by atoms with van der Waals surface area (Å²) in [5.74, 6) is 0.113. The van der Waals surface area contributed by atoms with E-state index < -0.39 is 5.97 Å². The highest BCUT2D eigenvalue weighted by Crippen LogP contribution is 2.16. The molecule has 0 amide bonds. The lowest BCUT2D eigenvalue weighted by atomic mass is 10.4. The third kappa shape index (κ3) is 1.85. The van der Waals surface area contributed by atoms with Crippen LogP contribution in [-0.4, -0.2) is 39.6 Å². The number of hydrogen-bond acceptors (Lipinski definition) is 7. The first kappa shape index (κ1) is 10.1. The van der Waals surface area contributed by atoms with Gasteiger partial charge in [-0.1, -0.05) is 0 Å². The summed E-state index contributed by atoms with van der Waals surface area (Å²) in [6.07, 6.45) is 1.47. The van der Waals surface area contributed by atoms with E-state index in [1.165, 1.54) is 13.4 Å². The van der Waals surface area contributed by atoms with Gasteiger partial charge in [-0.25, -0.2) is 4.98 Å². The standard InChI is InChI=1S/C8H10N6O2/c1-16-4(15)2-10-6-5-7(12-3-11-5)14-8(9)13-6/h3H,2H2,1H3,(H4,9,10,11,12,13,14). The van der Waals surface area contributed by atoms with E-state index in [0.717, 1.165) is 0 Å². The van der Waals surface area contributed by atoms with Crippen LogP contribution in [0.3, 0.4) is 0 Å². The van der Waals surface area contributed by atoms with Gasteiger partial charge in [0.25, 0.3) is 0 Å². The third-order valence-electron chi connectivity index (χ3n) is 1.93. The Labute approximate surface area is 90.2 Å². The highest BCUT2D eigenvalue weighted by Gasteiger charge is 2.09. The number of nitrogen functional groups attached to an aromatic ring is 1. The molecule has 0 aliphatic rings. The molecule has 0 aromatic carbocycles. The number of fused-ring (bicyclic) bond motifs is 1. The number of nitrogens with zero attached hydrogens (tertiary/aromatic N) is 3. The monoisotopic (exact) mass is 222 g/mol. The zero-order valence-corrected chi connectivity index (χ0v) is 8.52. The Morgan fingerprint density at radius 2 is 2.44 bits per heavy atom. The maximum absolute atomic E-state index is 11.0. The van der Waals surface area contributed by atoms with Crippen LogP contribution in [0, 0.1) is 0 Å². The molecule has 0 aliphatic carbocycles. The minimum Gasteiger partial charge on any atom is -0.468 e. The lowest BCUT2D eigenvalue weighted by Gasteiger charge is -2.05. The number of nitrogens with one attached hydrogen (secondary N) is 2. The summed E-state index contributed by atoms with van der Waals surface area (Å²) >= 11 is 0. The molecule has 2 aromatic rings. The topological polar surface area (TPSA) is 119 Å². The van der Waals surface area contributed by atoms with Crippen LogP contribution < -0.4 is 11.1 Å². The lowest BCUT2D eigenvalue weighted by Crippen LogP contribution is -2.16. The van der Waals surface area contributed by atoms with Crippen LogP contribution in [0.5, 0.6) is 0 Å². The molecule has 0 aliphatic heterocycles. The van der Waals surface area contributed by atoms with Gasteiger partial charge in [0.05, 0.1) is 13.4 Å². The van der Waals surface area contributed by atoms with Crippen molar-refractivity contribution >= 4 is 28.9 Å². The molecule has 0 atom stereocenters. The smallest absolute Gasteiger partial charge is 0.325 e. The van der Waals surface area contributed by atoms with E-state index in [2.05, 4.69) is 30.0 Å². The summed E-state index contributed by atoms with van der Waals surface area (Å²) < 4.78 is 4.49. The Kier molecular flexibility index (Phi) is 2.54. The van der Waals surface area contributed by atoms with Crippen LogP contribution in [0.1, 0.15) is 0 Å². The zero-order chi connectivity index (χ0) is 11.5. The van der Waals surface area contributed by atoms with E-state index in [9.17, 15) is 4.79 Å². The van der Waals surface area contributed by atoms with Gasteiger partial charge in [0.1, 0.15) is 12.1 Å². The number of esters is 1. The molecule has 16 heavy (non-hydrogen) atoms. The Balaban J connectivity index is 2.28. The van der Waals surface area contributed by atoms with Gasteiger partial charge in [-0.3, -0.25) is 4.79 Å². The average Bonchev–Trinajstić information content (AvgIpc) is 2.73. The second-order valence-corrected chi connectivity index (χ2v) is 2.96. The Bertz CT molecular complexity index is 522. The molecule has 0 saturated carbocycles. The molecule has 0 radical (unpaired) electrons. The summed E-state index contributed by atoms with van der Waals surface area (Å²) in [5, 5.41) is 2.79. The molecular weight excluding hydrogens is 212 g/mol. The molecule has 8 nitrogen and oxygen atoms in total. The first-order valence-corrected chi connectivity index (χ1v) is 4.48. The number of carbonyl (C=O) groups excluding carboxylic acids is 1. The maximum Gasteiger partial charge on any atom is 0.325 e. The van der Waals surface area contributed by atoms with Crippen molar-refractivity contribution in [1.82, 2.24) is 19.9 Å². The molecule has 2 heterocycles. The highest BCUT2D eigenvalue weighted by molar-refractivity contribution is 5.85. The molecule has 0 saturated heterocycles. The zero-order valence-electron chi connectivity index (χ0n) is 8.52. The summed E-state index contributed by atoms with van der Waals surface area (Å²) in [6.45, 7) is 0.00106. The molecule has 84 valence electrons. The number of H-pyrrole nitrogens is 1. The number of aromatic nitrogens is 4. The van der Waals surface area contributed by atoms with Crippen LogP contribution in [0.15, 0.2) is 6.33 Å². The number of carbonyl (C=O) groups is 1. The van der Waals surface area contributed by atoms with Crippen molar-refractivity contribution in [2.75, 3.05) is 24.7 Å². The molecule has 0 fully saturated rings. The molecule has 4 N–H and O–H groups in total. The van der Waals surface area contributed by atoms with Gasteiger partial charge in [-0.15, -0.1) is 0 Å². The lowest BCUT2D eigenvalue weighted by molar-refractivity contribution is -0.138. The van der Waals surface area contributed by atoms with Gasteiger partial charge < -0.3 is 20.8 Å². The second kappa shape index (κ2) is 4.01. The summed E-state index contributed by atoms with van der Waals surface area (Å²) in [7, 11) is 1.31. The highest BCUT2D eigenvalue weighted by atomic mass is 16.5. The molecule has 0 spiro atoms. The predicted molar refractivity (Wildman–Crippen MR) is 56.6 cm³/mol. The number of methoxy groups -OCH3 is 1. The van der Waals surface area contributed by atoms with E-state index in [1.54, 1.807) is 0 Å². The molecule has 2 rings (SSSR count). The molecule has 0 bridgehead atoms. The van der Waals surface area contributed by atoms with Crippen LogP contribution >= 0.6 is 0 Å². The van der Waals surface area contributed by atoms with Crippen LogP contribution in [0.4, 0.5) is 11.8 Å². The minimum atomic E-state index is -0.398. The van der Waals surface area contributed by atoms with Crippen LogP contribution in [0.2, 0.25) is 0 Å². The van der Waals surface area contributed by atoms with Crippen molar-refractivity contribution in [3.05, 3.63) is 6.33 Å². The fraction of sp³-hybridized carbons (Fsp3) is 0.250. The maximum atomic E-state index is 11.0. The number of hydrogen-bond donors (Lipinski definition) is 3. The summed E-state index contributed by atoms with van der Waals surface area (Å²) in [4.78, 5) is 25.6. The van der Waals surface area contributed by atoms with E-state index in [1.807, 2.05) is 0 Å². The van der Waals surface area contributed by atoms with Gasteiger partial charge in [0, 0.05) is 0 Å². The SMILES string of the molecule is COC(=O)CNc1nc(N)nc2nc[nH]c12. The van der Waals surface area contributed by atoms with E-state index in [4.69, 9.17) is 5.73 Å². The number of rotatable bonds is 3. The van der Waals surface area contributed by atoms with E-state index in [0.29, 0.717) is 17.0 Å². The average molecular weight is 222 g/mol. The van der Waals surface area contributed by atoms with Gasteiger partial charge in [-0.2, -0.15) is 9.97 Å². The third-order valence-corrected chi connectivity index (χ3v) is 1.93. The molecular formula is C8H10N6O2. The number of ether oxygens (including phenoxy) is 1. The van der Waals surface area contributed by atoms with Crippen molar-refractivity contribution in [3.8, 4) is 0 Å². The van der Waals surface area contributed by atoms with Gasteiger partial charge in [-0.05, 0) is 0 Å². The van der Waals surface area contributed by atoms with E-state index >= 15 is 0 Å². The summed E-state index contributed by atoms with van der Waals surface area (Å²) in [5.41, 5.74) is 6.53. The van der Waals surface area contributed by atoms with Gasteiger partial charge in [0.15, 0.2) is 11.5 Å². The molecule has 0 unspecified atom stereocenters. The second-order valence-electron chi connectivity index (χ2n) is 2.96. The number of anilines is 2. The number of imidazole rings is 1. The van der Waals surface area contributed by atoms with Crippen molar-refractivity contribution in [3.63, 3.8) is 0 Å². The van der Waals surface area contributed by atoms with Crippen LogP contribution in [-0.2, 0) is 9.53 Å². The van der Waals surface area contributed by atoms with Crippen molar-refractivity contribution < 1.29 is 9.53 Å². The van der Waals surface area contributed by atoms with Crippen LogP contribution in [0.25, 0.3) is 11.2 Å². The quantitative estimate of drug-likeness (QED) is 0.600. The van der Waals surface area contributed by atoms with Gasteiger partial charge in [0.2, 0.25) is 5.95 Å². The van der Waals surface area contributed by atoms with Crippen molar-refractivity contribution in [1.29, 1.82) is 0 Å². The van der Waals surface area contributed by atoms with Gasteiger partial charge >= 0.3 is 5.97 Å². The first-order chi connectivity index (χ1) is 7.70.